The Hall–Kier alpha value is -3.84. The molecule has 4 heteroatoms. The standard InChI is InChI=1S/C23H18N2O2/c1-4-8-16(15-24)13-17(5-2)18-11-12-25-20-14-22(27-23(18)20)19-9-6-7-10-21(19)26-3/h4-14H,1-2H2,3H3/b16-8+,17-13+. The summed E-state index contributed by atoms with van der Waals surface area (Å²) in [4.78, 5) is 4.40. The zero-order valence-electron chi connectivity index (χ0n) is 15.0. The highest BCUT2D eigenvalue weighted by molar-refractivity contribution is 5.93. The molecule has 0 saturated carbocycles. The molecule has 132 valence electrons. The normalized spacial score (nSPS) is 11.9. The van der Waals surface area contributed by atoms with Crippen LogP contribution in [0.2, 0.25) is 0 Å². The lowest BCUT2D eigenvalue weighted by Gasteiger charge is -2.05. The van der Waals surface area contributed by atoms with E-state index >= 15 is 0 Å². The van der Waals surface area contributed by atoms with Crippen molar-refractivity contribution in [2.24, 2.45) is 0 Å². The second kappa shape index (κ2) is 8.03. The van der Waals surface area contributed by atoms with E-state index in [1.807, 2.05) is 36.4 Å². The molecule has 0 atom stereocenters. The van der Waals surface area contributed by atoms with Crippen LogP contribution in [-0.4, -0.2) is 12.1 Å². The number of nitriles is 1. The molecular formula is C23H18N2O2. The zero-order valence-corrected chi connectivity index (χ0v) is 15.0. The summed E-state index contributed by atoms with van der Waals surface area (Å²) < 4.78 is 11.6. The monoisotopic (exact) mass is 354 g/mol. The molecule has 0 aliphatic heterocycles. The number of rotatable bonds is 6. The van der Waals surface area contributed by atoms with E-state index in [1.54, 1.807) is 37.6 Å². The number of furan rings is 1. The smallest absolute Gasteiger partial charge is 0.161 e. The number of ether oxygens (including phenoxy) is 1. The Balaban J connectivity index is 2.19. The van der Waals surface area contributed by atoms with Gasteiger partial charge in [-0.05, 0) is 35.9 Å². The average Bonchev–Trinajstić information content (AvgIpc) is 3.15. The van der Waals surface area contributed by atoms with Crippen LogP contribution < -0.4 is 4.74 Å². The van der Waals surface area contributed by atoms with E-state index in [2.05, 4.69) is 24.2 Å². The fraction of sp³-hybridized carbons (Fsp3) is 0.0435. The number of hydrogen-bond acceptors (Lipinski definition) is 4. The first-order chi connectivity index (χ1) is 13.2. The fourth-order valence-electron chi connectivity index (χ4n) is 2.81. The first kappa shape index (κ1) is 18.0. The van der Waals surface area contributed by atoms with Gasteiger partial charge in [-0.3, -0.25) is 4.98 Å². The summed E-state index contributed by atoms with van der Waals surface area (Å²) in [5.41, 5.74) is 4.23. The molecule has 0 radical (unpaired) electrons. The van der Waals surface area contributed by atoms with Crippen LogP contribution in [0.1, 0.15) is 5.56 Å². The maximum absolute atomic E-state index is 9.28. The molecule has 2 heterocycles. The van der Waals surface area contributed by atoms with Crippen molar-refractivity contribution in [3.63, 3.8) is 0 Å². The van der Waals surface area contributed by atoms with Gasteiger partial charge in [0.2, 0.25) is 0 Å². The number of pyridine rings is 1. The van der Waals surface area contributed by atoms with Crippen LogP contribution in [0.15, 0.2) is 90.0 Å². The Bertz CT molecular complexity index is 1110. The Morgan fingerprint density at radius 3 is 2.78 bits per heavy atom. The van der Waals surface area contributed by atoms with Crippen LogP contribution in [-0.2, 0) is 0 Å². The molecule has 1 aromatic carbocycles. The van der Waals surface area contributed by atoms with Crippen molar-refractivity contribution in [2.45, 2.75) is 0 Å². The molecule has 3 aromatic rings. The van der Waals surface area contributed by atoms with Crippen LogP contribution in [0, 0.1) is 11.3 Å². The number of hydrogen-bond donors (Lipinski definition) is 0. The summed E-state index contributed by atoms with van der Waals surface area (Å²) in [5.74, 6) is 1.38. The van der Waals surface area contributed by atoms with Crippen molar-refractivity contribution in [1.29, 1.82) is 5.26 Å². The molecule has 27 heavy (non-hydrogen) atoms. The summed E-state index contributed by atoms with van der Waals surface area (Å²) in [6.45, 7) is 7.51. The van der Waals surface area contributed by atoms with Crippen molar-refractivity contribution in [1.82, 2.24) is 4.98 Å². The van der Waals surface area contributed by atoms with E-state index < -0.39 is 0 Å². The van der Waals surface area contributed by atoms with Crippen molar-refractivity contribution in [3.8, 4) is 23.1 Å². The van der Waals surface area contributed by atoms with Crippen LogP contribution in [0.5, 0.6) is 5.75 Å². The van der Waals surface area contributed by atoms with Gasteiger partial charge in [0.1, 0.15) is 17.0 Å². The van der Waals surface area contributed by atoms with Gasteiger partial charge in [0.05, 0.1) is 24.3 Å². The molecule has 0 amide bonds. The molecule has 0 saturated heterocycles. The van der Waals surface area contributed by atoms with Crippen LogP contribution in [0.3, 0.4) is 0 Å². The molecule has 3 rings (SSSR count). The Kier molecular flexibility index (Phi) is 5.34. The van der Waals surface area contributed by atoms with Crippen molar-refractivity contribution < 1.29 is 9.15 Å². The third-order valence-electron chi connectivity index (χ3n) is 4.05. The minimum Gasteiger partial charge on any atom is -0.496 e. The number of allylic oxidation sites excluding steroid dienone is 6. The lowest BCUT2D eigenvalue weighted by molar-refractivity contribution is 0.415. The van der Waals surface area contributed by atoms with Gasteiger partial charge >= 0.3 is 0 Å². The van der Waals surface area contributed by atoms with E-state index in [1.165, 1.54) is 0 Å². The van der Waals surface area contributed by atoms with Crippen molar-refractivity contribution in [2.75, 3.05) is 7.11 Å². The summed E-state index contributed by atoms with van der Waals surface area (Å²) in [6, 6.07) is 13.5. The molecule has 0 aliphatic carbocycles. The predicted molar refractivity (Wildman–Crippen MR) is 108 cm³/mol. The summed E-state index contributed by atoms with van der Waals surface area (Å²) >= 11 is 0. The second-order valence-electron chi connectivity index (χ2n) is 5.66. The van der Waals surface area contributed by atoms with Gasteiger partial charge in [0, 0.05) is 17.8 Å². The Morgan fingerprint density at radius 2 is 2.07 bits per heavy atom. The molecule has 2 aromatic heterocycles. The highest BCUT2D eigenvalue weighted by Crippen LogP contribution is 2.36. The van der Waals surface area contributed by atoms with Crippen LogP contribution >= 0.6 is 0 Å². The van der Waals surface area contributed by atoms with Gasteiger partial charge in [-0.1, -0.05) is 37.4 Å². The van der Waals surface area contributed by atoms with Gasteiger partial charge in [-0.2, -0.15) is 5.26 Å². The highest BCUT2D eigenvalue weighted by Gasteiger charge is 2.15. The summed E-state index contributed by atoms with van der Waals surface area (Å²) in [6.07, 6.45) is 8.36. The predicted octanol–water partition coefficient (Wildman–Crippen LogP) is 5.71. The zero-order chi connectivity index (χ0) is 19.2. The number of aromatic nitrogens is 1. The SMILES string of the molecule is C=C/C=C(C#N)\C=C(/C=C)c1ccnc2cc(-c3ccccc3OC)oc12. The second-order valence-corrected chi connectivity index (χ2v) is 5.66. The number of methoxy groups -OCH3 is 1. The molecule has 0 aliphatic rings. The van der Waals surface area contributed by atoms with Gasteiger partial charge in [-0.25, -0.2) is 0 Å². The summed E-state index contributed by atoms with van der Waals surface area (Å²) in [7, 11) is 1.62. The molecule has 0 N–H and O–H groups in total. The van der Waals surface area contributed by atoms with E-state index in [0.29, 0.717) is 22.4 Å². The first-order valence-electron chi connectivity index (χ1n) is 8.31. The van der Waals surface area contributed by atoms with Crippen LogP contribution in [0.25, 0.3) is 28.0 Å². The maximum Gasteiger partial charge on any atom is 0.161 e. The lowest BCUT2D eigenvalue weighted by atomic mass is 10.0. The molecule has 0 fully saturated rings. The first-order valence-corrected chi connectivity index (χ1v) is 8.31. The molecular weight excluding hydrogens is 336 g/mol. The number of nitrogens with zero attached hydrogens (tertiary/aromatic N) is 2. The molecule has 0 unspecified atom stereocenters. The third kappa shape index (κ3) is 3.58. The number of para-hydroxylation sites is 1. The van der Waals surface area contributed by atoms with Gasteiger partial charge < -0.3 is 9.15 Å². The number of fused-ring (bicyclic) bond motifs is 1. The fourth-order valence-corrected chi connectivity index (χ4v) is 2.81. The molecule has 4 nitrogen and oxygen atoms in total. The van der Waals surface area contributed by atoms with Gasteiger partial charge in [0.15, 0.2) is 5.58 Å². The Labute approximate surface area is 158 Å². The topological polar surface area (TPSA) is 59.0 Å². The highest BCUT2D eigenvalue weighted by atomic mass is 16.5. The number of benzene rings is 1. The van der Waals surface area contributed by atoms with Crippen LogP contribution in [0.4, 0.5) is 0 Å². The van der Waals surface area contributed by atoms with E-state index in [4.69, 9.17) is 9.15 Å². The molecule has 0 bridgehead atoms. The molecule has 0 spiro atoms. The lowest BCUT2D eigenvalue weighted by Crippen LogP contribution is -1.86. The third-order valence-corrected chi connectivity index (χ3v) is 4.05. The van der Waals surface area contributed by atoms with E-state index in [-0.39, 0.29) is 0 Å². The largest absolute Gasteiger partial charge is 0.496 e. The van der Waals surface area contributed by atoms with Gasteiger partial charge in [-0.15, -0.1) is 0 Å². The minimum atomic E-state index is 0.473. The van der Waals surface area contributed by atoms with Gasteiger partial charge in [0.25, 0.3) is 0 Å². The Morgan fingerprint density at radius 1 is 1.26 bits per heavy atom. The van der Waals surface area contributed by atoms with Crippen molar-refractivity contribution in [3.05, 3.63) is 91.2 Å². The van der Waals surface area contributed by atoms with Crippen molar-refractivity contribution >= 4 is 16.7 Å². The maximum atomic E-state index is 9.28. The minimum absolute atomic E-state index is 0.473. The van der Waals surface area contributed by atoms with E-state index in [9.17, 15) is 5.26 Å². The van der Waals surface area contributed by atoms with E-state index in [0.717, 1.165) is 22.4 Å². The summed E-state index contributed by atoms with van der Waals surface area (Å²) in [5, 5.41) is 9.28. The quantitative estimate of drug-likeness (QED) is 0.420. The average molecular weight is 354 g/mol.